The molecular weight excluding hydrogens is 711 g/mol. The molecule has 0 fully saturated rings. The van der Waals surface area contributed by atoms with Crippen LogP contribution in [0, 0.1) is 0 Å². The fourth-order valence-corrected chi connectivity index (χ4v) is 9.14. The maximum absolute atomic E-state index is 4.04. The van der Waals surface area contributed by atoms with Crippen molar-refractivity contribution in [2.45, 2.75) is 50.9 Å². The lowest BCUT2D eigenvalue weighted by Gasteiger charge is -2.33. The van der Waals surface area contributed by atoms with Gasteiger partial charge in [0.25, 0.3) is 0 Å². The molecule has 0 aliphatic heterocycles. The maximum atomic E-state index is 4.04. The number of benzene rings is 5. The lowest BCUT2D eigenvalue weighted by atomic mass is 9.87. The fraction of sp³-hybridized carbons (Fsp3) is 0.138. The van der Waals surface area contributed by atoms with Crippen LogP contribution in [0.25, 0.3) is 45.0 Å². The summed E-state index contributed by atoms with van der Waals surface area (Å²) < 4.78 is 0. The van der Waals surface area contributed by atoms with Crippen molar-refractivity contribution in [1.82, 2.24) is 0 Å². The number of allylic oxidation sites excluding steroid dienone is 15. The third-order valence-electron chi connectivity index (χ3n) is 12.2. The first-order valence-corrected chi connectivity index (χ1v) is 21.3. The van der Waals surface area contributed by atoms with Crippen molar-refractivity contribution in [3.63, 3.8) is 0 Å². The number of fused-ring (bicyclic) bond motifs is 1. The predicted octanol–water partition coefficient (Wildman–Crippen LogP) is 14.0. The maximum Gasteiger partial charge on any atom is 0.0464 e. The molecule has 5 aromatic carbocycles. The summed E-state index contributed by atoms with van der Waals surface area (Å²) in [5.41, 5.74) is 17.6. The summed E-state index contributed by atoms with van der Waals surface area (Å²) in [7, 11) is 0. The third-order valence-corrected chi connectivity index (χ3v) is 12.2. The smallest absolute Gasteiger partial charge is 0.0464 e. The number of anilines is 1. The minimum atomic E-state index is 0.365. The van der Waals surface area contributed by atoms with Crippen LogP contribution >= 0.6 is 0 Å². The van der Waals surface area contributed by atoms with Gasteiger partial charge in [0.1, 0.15) is 0 Å². The molecule has 5 aromatic rings. The number of nitrogens with zero attached hydrogens (tertiary/aromatic N) is 1. The van der Waals surface area contributed by atoms with Crippen LogP contribution in [0.15, 0.2) is 218 Å². The molecule has 0 saturated heterocycles. The molecule has 0 radical (unpaired) electrons. The second kappa shape index (κ2) is 17.4. The molecular formula is C58H51N. The van der Waals surface area contributed by atoms with Gasteiger partial charge >= 0.3 is 0 Å². The van der Waals surface area contributed by atoms with Gasteiger partial charge in [0.2, 0.25) is 0 Å². The third kappa shape index (κ3) is 8.07. The van der Waals surface area contributed by atoms with Crippen LogP contribution < -0.4 is 15.3 Å². The zero-order valence-corrected chi connectivity index (χ0v) is 33.9. The largest absolute Gasteiger partial charge is 0.315 e. The van der Waals surface area contributed by atoms with E-state index in [-0.39, 0.29) is 0 Å². The summed E-state index contributed by atoms with van der Waals surface area (Å²) in [6.07, 6.45) is 34.4. The highest BCUT2D eigenvalue weighted by atomic mass is 15.2. The highest BCUT2D eigenvalue weighted by molar-refractivity contribution is 5.89. The van der Waals surface area contributed by atoms with Crippen LogP contribution in [0.3, 0.4) is 0 Å². The zero-order valence-electron chi connectivity index (χ0n) is 33.9. The van der Waals surface area contributed by atoms with Gasteiger partial charge in [0.15, 0.2) is 0 Å². The van der Waals surface area contributed by atoms with E-state index in [0.717, 1.165) is 56.1 Å². The summed E-state index contributed by atoms with van der Waals surface area (Å²) in [5, 5.41) is 2.77. The van der Waals surface area contributed by atoms with Gasteiger partial charge in [-0.15, -0.1) is 0 Å². The molecule has 1 unspecified atom stereocenters. The molecule has 0 amide bonds. The first-order valence-electron chi connectivity index (χ1n) is 21.3. The molecule has 288 valence electrons. The molecule has 0 aromatic heterocycles. The highest BCUT2D eigenvalue weighted by Gasteiger charge is 2.24. The van der Waals surface area contributed by atoms with E-state index >= 15 is 0 Å². The van der Waals surface area contributed by atoms with E-state index in [1.165, 1.54) is 77.6 Å². The first kappa shape index (κ1) is 37.9. The number of rotatable bonds is 11. The molecule has 1 nitrogen and oxygen atoms in total. The SMILES string of the molecule is C=C/C=C(\C=C)c1ccc(-c2ccc(N(C3=CCC(c4ccccc4)C=C3)C3=CC=C(C4=c5ccccc5=CCC4)CC3)cc2-c2ccc(C3=CCCC=C3)cc2)cc1. The van der Waals surface area contributed by atoms with Gasteiger partial charge in [-0.05, 0) is 141 Å². The average molecular weight is 762 g/mol. The molecule has 0 bridgehead atoms. The zero-order chi connectivity index (χ0) is 40.0. The van der Waals surface area contributed by atoms with Crippen LogP contribution in [0.4, 0.5) is 5.69 Å². The molecule has 9 rings (SSSR count). The van der Waals surface area contributed by atoms with Crippen molar-refractivity contribution in [3.8, 4) is 22.3 Å². The summed E-state index contributed by atoms with van der Waals surface area (Å²) in [5.74, 6) is 0.365. The second-order valence-corrected chi connectivity index (χ2v) is 15.8. The van der Waals surface area contributed by atoms with Crippen molar-refractivity contribution < 1.29 is 0 Å². The molecule has 0 heterocycles. The summed E-state index contributed by atoms with van der Waals surface area (Å²) in [4.78, 5) is 2.52. The Hall–Kier alpha value is -6.70. The van der Waals surface area contributed by atoms with Crippen LogP contribution in [0.5, 0.6) is 0 Å². The molecule has 1 heteroatoms. The van der Waals surface area contributed by atoms with E-state index in [2.05, 4.69) is 194 Å². The van der Waals surface area contributed by atoms with E-state index in [0.29, 0.717) is 5.92 Å². The lowest BCUT2D eigenvalue weighted by Crippen LogP contribution is -2.30. The molecule has 0 spiro atoms. The summed E-state index contributed by atoms with van der Waals surface area (Å²) >= 11 is 0. The van der Waals surface area contributed by atoms with Gasteiger partial charge in [0, 0.05) is 23.0 Å². The van der Waals surface area contributed by atoms with Gasteiger partial charge in [-0.2, -0.15) is 0 Å². The van der Waals surface area contributed by atoms with Crippen molar-refractivity contribution in [3.05, 3.63) is 245 Å². The molecule has 0 saturated carbocycles. The first-order chi connectivity index (χ1) is 29.2. The minimum absolute atomic E-state index is 0.365. The van der Waals surface area contributed by atoms with E-state index < -0.39 is 0 Å². The van der Waals surface area contributed by atoms with Crippen LogP contribution in [0.2, 0.25) is 0 Å². The average Bonchev–Trinajstić information content (AvgIpc) is 3.32. The Morgan fingerprint density at radius 1 is 0.644 bits per heavy atom. The fourth-order valence-electron chi connectivity index (χ4n) is 9.14. The van der Waals surface area contributed by atoms with Crippen LogP contribution in [-0.4, -0.2) is 0 Å². The number of hydrogen-bond donors (Lipinski definition) is 0. The Kier molecular flexibility index (Phi) is 11.2. The van der Waals surface area contributed by atoms with Gasteiger partial charge in [-0.3, -0.25) is 0 Å². The normalized spacial score (nSPS) is 17.5. The molecule has 1 atom stereocenters. The topological polar surface area (TPSA) is 3.24 Å². The van der Waals surface area contributed by atoms with E-state index in [1.807, 2.05) is 18.2 Å². The van der Waals surface area contributed by atoms with Crippen LogP contribution in [0.1, 0.15) is 67.6 Å². The predicted molar refractivity (Wildman–Crippen MR) is 254 cm³/mol. The van der Waals surface area contributed by atoms with E-state index in [1.54, 1.807) is 0 Å². The van der Waals surface area contributed by atoms with Crippen molar-refractivity contribution in [1.29, 1.82) is 0 Å². The standard InChI is InChI=1S/C58H51N/c1-3-14-42(4-2)45-23-27-49(28-24-45)57-40-39-54(41-58(57)51-29-25-46(26-30-51)43-15-7-5-8-16-43)59(52-35-31-47(32-36-52)44-17-9-6-10-18-44)53-37-33-50(34-38-53)56-22-13-20-48-19-11-12-21-55(48)56/h3-4,6-7,9-12,14-21,23-31,33,35-37,39-41,47H,1-2,5,8,13,22,32,34,38H2/b42-14+. The minimum Gasteiger partial charge on any atom is -0.315 e. The highest BCUT2D eigenvalue weighted by Crippen LogP contribution is 2.41. The van der Waals surface area contributed by atoms with Gasteiger partial charge in [-0.1, -0.05) is 183 Å². The Labute approximate surface area is 350 Å². The van der Waals surface area contributed by atoms with Crippen molar-refractivity contribution in [2.24, 2.45) is 0 Å². The monoisotopic (exact) mass is 761 g/mol. The lowest BCUT2D eigenvalue weighted by molar-refractivity contribution is 0.822. The van der Waals surface area contributed by atoms with E-state index in [9.17, 15) is 0 Å². The summed E-state index contributed by atoms with van der Waals surface area (Å²) in [6.45, 7) is 7.95. The quantitative estimate of drug-likeness (QED) is 0.121. The molecule has 4 aliphatic rings. The van der Waals surface area contributed by atoms with Crippen molar-refractivity contribution >= 4 is 28.5 Å². The molecule has 59 heavy (non-hydrogen) atoms. The second-order valence-electron chi connectivity index (χ2n) is 15.8. The Morgan fingerprint density at radius 2 is 1.42 bits per heavy atom. The summed E-state index contributed by atoms with van der Waals surface area (Å²) in [6, 6.07) is 44.9. The van der Waals surface area contributed by atoms with Crippen LogP contribution in [-0.2, 0) is 0 Å². The Bertz CT molecular complexity index is 2740. The molecule has 4 aliphatic carbocycles. The van der Waals surface area contributed by atoms with Crippen molar-refractivity contribution in [2.75, 3.05) is 4.90 Å². The van der Waals surface area contributed by atoms with E-state index in [4.69, 9.17) is 0 Å². The Balaban J connectivity index is 1.15. The van der Waals surface area contributed by atoms with Gasteiger partial charge in [-0.25, -0.2) is 0 Å². The molecule has 0 N–H and O–H groups in total. The van der Waals surface area contributed by atoms with Gasteiger partial charge < -0.3 is 4.90 Å². The number of hydrogen-bond acceptors (Lipinski definition) is 1. The Morgan fingerprint density at radius 3 is 2.15 bits per heavy atom. The van der Waals surface area contributed by atoms with Gasteiger partial charge in [0.05, 0.1) is 0 Å².